The average molecular weight is 404 g/mol. The number of rotatable bonds is 5. The van der Waals surface area contributed by atoms with Gasteiger partial charge in [0.05, 0.1) is 0 Å². The lowest BCUT2D eigenvalue weighted by atomic mass is 10.1. The van der Waals surface area contributed by atoms with Crippen molar-refractivity contribution in [1.82, 2.24) is 9.97 Å². The van der Waals surface area contributed by atoms with Crippen LogP contribution in [0.25, 0.3) is 20.9 Å². The normalized spacial score (nSPS) is 10.9. The van der Waals surface area contributed by atoms with Gasteiger partial charge in [-0.15, -0.1) is 0 Å². The van der Waals surface area contributed by atoms with Gasteiger partial charge >= 0.3 is 0 Å². The smallest absolute Gasteiger partial charge is 0.262 e. The molecule has 0 saturated heterocycles. The fourth-order valence-electron chi connectivity index (χ4n) is 2.97. The van der Waals surface area contributed by atoms with Crippen molar-refractivity contribution < 1.29 is 9.53 Å². The van der Waals surface area contributed by atoms with Crippen LogP contribution >= 0.6 is 11.3 Å². The first-order valence-electron chi connectivity index (χ1n) is 9.32. The molecule has 0 unspecified atom stereocenters. The number of carbonyl (C=O) groups is 1. The van der Waals surface area contributed by atoms with Crippen LogP contribution in [0.1, 0.15) is 16.7 Å². The summed E-state index contributed by atoms with van der Waals surface area (Å²) in [7, 11) is 0. The number of benzene rings is 2. The molecule has 6 heteroatoms. The first-order valence-corrected chi connectivity index (χ1v) is 10.1. The summed E-state index contributed by atoms with van der Waals surface area (Å²) >= 11 is 1.56. The molecule has 29 heavy (non-hydrogen) atoms. The third-order valence-corrected chi connectivity index (χ3v) is 5.79. The summed E-state index contributed by atoms with van der Waals surface area (Å²) in [6, 6.07) is 15.5. The summed E-state index contributed by atoms with van der Waals surface area (Å²) in [5.74, 6) is 0.503. The summed E-state index contributed by atoms with van der Waals surface area (Å²) < 4.78 is 5.62. The summed E-state index contributed by atoms with van der Waals surface area (Å²) in [4.78, 5) is 22.2. The Morgan fingerprint density at radius 1 is 1.03 bits per heavy atom. The summed E-state index contributed by atoms with van der Waals surface area (Å²) in [6.07, 6.45) is 1.77. The van der Waals surface area contributed by atoms with Crippen LogP contribution in [0, 0.1) is 20.8 Å². The van der Waals surface area contributed by atoms with E-state index in [1.165, 1.54) is 5.56 Å². The molecule has 2 heterocycles. The van der Waals surface area contributed by atoms with E-state index in [1.807, 2.05) is 69.3 Å². The number of hydrogen-bond acceptors (Lipinski definition) is 5. The van der Waals surface area contributed by atoms with Crippen LogP contribution in [0.4, 0.5) is 5.69 Å². The number of pyridine rings is 1. The molecule has 0 fully saturated rings. The largest absolute Gasteiger partial charge is 0.484 e. The molecule has 4 aromatic rings. The quantitative estimate of drug-likeness (QED) is 0.491. The molecular weight excluding hydrogens is 382 g/mol. The minimum Gasteiger partial charge on any atom is -0.484 e. The first kappa shape index (κ1) is 19.1. The summed E-state index contributed by atoms with van der Waals surface area (Å²) in [5.41, 5.74) is 5.97. The van der Waals surface area contributed by atoms with E-state index in [-0.39, 0.29) is 12.5 Å². The van der Waals surface area contributed by atoms with E-state index < -0.39 is 0 Å². The van der Waals surface area contributed by atoms with E-state index in [0.29, 0.717) is 5.75 Å². The molecule has 0 radical (unpaired) electrons. The highest BCUT2D eigenvalue weighted by Crippen LogP contribution is 2.31. The predicted molar refractivity (Wildman–Crippen MR) is 118 cm³/mol. The Labute approximate surface area is 173 Å². The molecule has 0 aliphatic heterocycles. The summed E-state index contributed by atoms with van der Waals surface area (Å²) in [6.45, 7) is 6.00. The highest BCUT2D eigenvalue weighted by Gasteiger charge is 2.11. The Hall–Kier alpha value is -3.25. The molecule has 146 valence electrons. The molecule has 0 bridgehead atoms. The van der Waals surface area contributed by atoms with Crippen LogP contribution in [0.15, 0.2) is 54.7 Å². The number of thiazole rings is 1. The van der Waals surface area contributed by atoms with Crippen LogP contribution < -0.4 is 10.1 Å². The van der Waals surface area contributed by atoms with Crippen molar-refractivity contribution in [2.75, 3.05) is 11.9 Å². The topological polar surface area (TPSA) is 64.1 Å². The second-order valence-corrected chi connectivity index (χ2v) is 7.94. The predicted octanol–water partition coefficient (Wildman–Crippen LogP) is 5.30. The van der Waals surface area contributed by atoms with Crippen molar-refractivity contribution >= 4 is 33.3 Å². The Bertz CT molecular complexity index is 1170. The van der Waals surface area contributed by atoms with E-state index in [0.717, 1.165) is 37.7 Å². The van der Waals surface area contributed by atoms with Crippen molar-refractivity contribution in [2.45, 2.75) is 20.8 Å². The fourth-order valence-corrected chi connectivity index (χ4v) is 3.87. The van der Waals surface area contributed by atoms with Gasteiger partial charge in [-0.05, 0) is 79.9 Å². The lowest BCUT2D eigenvalue weighted by Gasteiger charge is -2.11. The second-order valence-electron chi connectivity index (χ2n) is 6.96. The van der Waals surface area contributed by atoms with E-state index in [2.05, 4.69) is 15.3 Å². The number of ether oxygens (including phenoxy) is 1. The first-order chi connectivity index (χ1) is 14.0. The van der Waals surface area contributed by atoms with Gasteiger partial charge < -0.3 is 10.1 Å². The molecule has 2 aromatic carbocycles. The molecule has 4 rings (SSSR count). The average Bonchev–Trinajstić information content (AvgIpc) is 3.15. The number of hydrogen-bond donors (Lipinski definition) is 1. The van der Waals surface area contributed by atoms with Gasteiger partial charge in [-0.25, -0.2) is 9.97 Å². The highest BCUT2D eigenvalue weighted by atomic mass is 32.1. The Balaban J connectivity index is 1.43. The van der Waals surface area contributed by atoms with Gasteiger partial charge in [-0.2, -0.15) is 0 Å². The van der Waals surface area contributed by atoms with Crippen LogP contribution in [-0.4, -0.2) is 22.5 Å². The Morgan fingerprint density at radius 3 is 2.66 bits per heavy atom. The molecule has 1 N–H and O–H groups in total. The number of amides is 1. The monoisotopic (exact) mass is 403 g/mol. The zero-order valence-electron chi connectivity index (χ0n) is 16.5. The maximum Gasteiger partial charge on any atom is 0.262 e. The summed E-state index contributed by atoms with van der Waals surface area (Å²) in [5, 5.41) is 3.83. The van der Waals surface area contributed by atoms with Gasteiger partial charge in [0.2, 0.25) is 0 Å². The molecule has 1 amide bonds. The van der Waals surface area contributed by atoms with Gasteiger partial charge in [-0.3, -0.25) is 4.79 Å². The van der Waals surface area contributed by atoms with E-state index in [1.54, 1.807) is 17.5 Å². The molecule has 0 atom stereocenters. The van der Waals surface area contributed by atoms with Crippen molar-refractivity contribution in [3.8, 4) is 16.3 Å². The number of nitrogens with one attached hydrogen (secondary N) is 1. The fraction of sp³-hybridized carbons (Fsp3) is 0.174. The van der Waals surface area contributed by atoms with Crippen LogP contribution in [0.2, 0.25) is 0 Å². The molecule has 0 aliphatic carbocycles. The van der Waals surface area contributed by atoms with Gasteiger partial charge in [0.1, 0.15) is 21.1 Å². The second kappa shape index (κ2) is 8.01. The third kappa shape index (κ3) is 4.27. The molecule has 0 aliphatic rings. The number of anilines is 1. The van der Waals surface area contributed by atoms with Crippen LogP contribution in [0.5, 0.6) is 5.75 Å². The number of aryl methyl sites for hydroxylation is 3. The van der Waals surface area contributed by atoms with E-state index >= 15 is 0 Å². The molecular formula is C23H21N3O2S. The van der Waals surface area contributed by atoms with Crippen molar-refractivity contribution in [3.05, 3.63) is 71.4 Å². The van der Waals surface area contributed by atoms with Gasteiger partial charge in [0.15, 0.2) is 6.61 Å². The molecule has 2 aromatic heterocycles. The lowest BCUT2D eigenvalue weighted by molar-refractivity contribution is -0.118. The van der Waals surface area contributed by atoms with E-state index in [4.69, 9.17) is 4.74 Å². The number of nitrogens with zero attached hydrogens (tertiary/aromatic N) is 2. The molecule has 5 nitrogen and oxygen atoms in total. The molecule has 0 spiro atoms. The minimum absolute atomic E-state index is 0.0345. The van der Waals surface area contributed by atoms with Gasteiger partial charge in [0.25, 0.3) is 5.91 Å². The third-order valence-electron chi connectivity index (χ3n) is 4.76. The van der Waals surface area contributed by atoms with E-state index in [9.17, 15) is 4.79 Å². The van der Waals surface area contributed by atoms with Gasteiger partial charge in [-0.1, -0.05) is 17.4 Å². The maximum atomic E-state index is 12.3. The maximum absolute atomic E-state index is 12.3. The number of aromatic nitrogens is 2. The Kier molecular flexibility index (Phi) is 5.27. The Morgan fingerprint density at radius 2 is 1.90 bits per heavy atom. The zero-order chi connectivity index (χ0) is 20.4. The standard InChI is InChI=1S/C23H21N3O2S/c1-14-6-8-18(12-15(14)2)28-13-21(27)25-19-9-7-17(11-16(19)3)22-26-20-5-4-10-24-23(20)29-22/h4-12H,13H2,1-3H3,(H,25,27). The number of carbonyl (C=O) groups excluding carboxylic acids is 1. The SMILES string of the molecule is Cc1ccc(OCC(=O)Nc2ccc(-c3nc4cccnc4s3)cc2C)cc1C. The lowest BCUT2D eigenvalue weighted by Crippen LogP contribution is -2.20. The van der Waals surface area contributed by atoms with Crippen molar-refractivity contribution in [2.24, 2.45) is 0 Å². The van der Waals surface area contributed by atoms with Gasteiger partial charge in [0, 0.05) is 17.4 Å². The van der Waals surface area contributed by atoms with Crippen molar-refractivity contribution in [3.63, 3.8) is 0 Å². The van der Waals surface area contributed by atoms with Crippen molar-refractivity contribution in [1.29, 1.82) is 0 Å². The van der Waals surface area contributed by atoms with Crippen LogP contribution in [-0.2, 0) is 4.79 Å². The van der Waals surface area contributed by atoms with Crippen LogP contribution in [0.3, 0.4) is 0 Å². The zero-order valence-corrected chi connectivity index (χ0v) is 17.3. The minimum atomic E-state index is -0.191. The number of fused-ring (bicyclic) bond motifs is 1. The highest BCUT2D eigenvalue weighted by molar-refractivity contribution is 7.21. The molecule has 0 saturated carbocycles.